The van der Waals surface area contributed by atoms with Crippen LogP contribution >= 0.6 is 11.3 Å². The zero-order valence-corrected chi connectivity index (χ0v) is 20.3. The van der Waals surface area contributed by atoms with Crippen molar-refractivity contribution in [2.75, 3.05) is 51.3 Å². The molecular formula is C24H26N4O6S. The normalized spacial score (nSPS) is 29.3. The molecule has 35 heavy (non-hydrogen) atoms. The van der Waals surface area contributed by atoms with E-state index in [0.717, 1.165) is 10.2 Å². The van der Waals surface area contributed by atoms with E-state index in [2.05, 4.69) is 4.98 Å². The molecule has 0 saturated carbocycles. The van der Waals surface area contributed by atoms with Crippen molar-refractivity contribution in [3.63, 3.8) is 0 Å². The average molecular weight is 499 g/mol. The van der Waals surface area contributed by atoms with Crippen molar-refractivity contribution < 1.29 is 28.6 Å². The van der Waals surface area contributed by atoms with Crippen molar-refractivity contribution in [3.8, 4) is 5.75 Å². The number of hydrogen-bond acceptors (Lipinski definition) is 8. The number of methoxy groups -OCH3 is 1. The Labute approximate surface area is 206 Å². The topological polar surface area (TPSA) is 102 Å². The standard InChI is InChI=1S/C24H26N4O6S/c1-3-33-23(31)27-10-8-26(9-11-27)20(29)18-16-6-7-24(34-16)13-28(21(30)19(18)24)22-25-15-12-14(32-2)4-5-17(15)35-22/h4-7,12,16,18-19H,3,8-11,13H2,1-2H3/t16-,18+,19+,24-/m1/s1. The van der Waals surface area contributed by atoms with Crippen LogP contribution in [0, 0.1) is 11.8 Å². The number of ether oxygens (including phenoxy) is 3. The Morgan fingerprint density at radius 1 is 1.23 bits per heavy atom. The zero-order chi connectivity index (χ0) is 24.3. The Kier molecular flexibility index (Phi) is 5.22. The number of carbonyl (C=O) groups excluding carboxylic acids is 3. The summed E-state index contributed by atoms with van der Waals surface area (Å²) in [5, 5.41) is 0.594. The van der Waals surface area contributed by atoms with Gasteiger partial charge in [0.25, 0.3) is 0 Å². The van der Waals surface area contributed by atoms with Gasteiger partial charge in [0.15, 0.2) is 5.13 Å². The number of nitrogens with zero attached hydrogens (tertiary/aromatic N) is 4. The molecule has 3 fully saturated rings. The summed E-state index contributed by atoms with van der Waals surface area (Å²) >= 11 is 1.44. The summed E-state index contributed by atoms with van der Waals surface area (Å²) in [7, 11) is 1.60. The van der Waals surface area contributed by atoms with E-state index in [-0.39, 0.29) is 17.9 Å². The summed E-state index contributed by atoms with van der Waals surface area (Å²) in [5.41, 5.74) is -0.0516. The highest BCUT2D eigenvalue weighted by Crippen LogP contribution is 2.53. The molecule has 4 atom stereocenters. The van der Waals surface area contributed by atoms with E-state index in [9.17, 15) is 14.4 Å². The number of anilines is 1. The van der Waals surface area contributed by atoms with Crippen LogP contribution in [-0.4, -0.2) is 90.8 Å². The number of rotatable bonds is 4. The molecule has 4 aliphatic heterocycles. The molecular weight excluding hydrogens is 472 g/mol. The quantitative estimate of drug-likeness (QED) is 0.594. The largest absolute Gasteiger partial charge is 0.497 e. The molecule has 4 aliphatic rings. The minimum atomic E-state index is -0.815. The van der Waals surface area contributed by atoms with Gasteiger partial charge in [-0.1, -0.05) is 23.5 Å². The van der Waals surface area contributed by atoms with Crippen LogP contribution < -0.4 is 9.64 Å². The molecule has 11 heteroatoms. The van der Waals surface area contributed by atoms with Crippen molar-refractivity contribution in [2.45, 2.75) is 18.6 Å². The predicted octanol–water partition coefficient (Wildman–Crippen LogP) is 1.89. The monoisotopic (exact) mass is 498 g/mol. The smallest absolute Gasteiger partial charge is 0.409 e. The van der Waals surface area contributed by atoms with E-state index in [4.69, 9.17) is 14.2 Å². The molecule has 3 saturated heterocycles. The van der Waals surface area contributed by atoms with Crippen molar-refractivity contribution in [1.82, 2.24) is 14.8 Å². The second-order valence-corrected chi connectivity index (χ2v) is 10.2. The fourth-order valence-corrected chi connectivity index (χ4v) is 6.57. The Bertz CT molecular complexity index is 1240. The van der Waals surface area contributed by atoms with Gasteiger partial charge < -0.3 is 24.0 Å². The maximum Gasteiger partial charge on any atom is 0.409 e. The maximum absolute atomic E-state index is 13.7. The number of amides is 3. The number of carbonyl (C=O) groups is 3. The lowest BCUT2D eigenvalue weighted by atomic mass is 9.76. The number of thiazole rings is 1. The molecule has 10 nitrogen and oxygen atoms in total. The van der Waals surface area contributed by atoms with E-state index in [1.165, 1.54) is 11.3 Å². The summed E-state index contributed by atoms with van der Waals surface area (Å²) in [4.78, 5) is 49.0. The van der Waals surface area contributed by atoms with Gasteiger partial charge in [-0.15, -0.1) is 0 Å². The minimum Gasteiger partial charge on any atom is -0.497 e. The highest BCUT2D eigenvalue weighted by Gasteiger charge is 2.67. The second kappa shape index (κ2) is 8.20. The molecule has 184 valence electrons. The van der Waals surface area contributed by atoms with Crippen LogP contribution in [0.4, 0.5) is 9.93 Å². The molecule has 1 spiro atoms. The van der Waals surface area contributed by atoms with Crippen molar-refractivity contribution in [1.29, 1.82) is 0 Å². The maximum atomic E-state index is 13.7. The summed E-state index contributed by atoms with van der Waals surface area (Å²) < 4.78 is 17.6. The van der Waals surface area contributed by atoms with E-state index >= 15 is 0 Å². The van der Waals surface area contributed by atoms with Crippen molar-refractivity contribution in [3.05, 3.63) is 30.4 Å². The number of hydrogen-bond donors (Lipinski definition) is 0. The second-order valence-electron chi connectivity index (χ2n) is 9.17. The van der Waals surface area contributed by atoms with Crippen LogP contribution in [-0.2, 0) is 19.1 Å². The SMILES string of the molecule is CCOC(=O)N1CCN(C(=O)[C@@H]2[C@H]3C(=O)N(c4nc5cc(OC)ccc5s4)C[C@]34C=C[C@H]2O4)CC1. The van der Waals surface area contributed by atoms with E-state index < -0.39 is 23.5 Å². The van der Waals surface area contributed by atoms with Crippen LogP contribution in [0.2, 0.25) is 0 Å². The van der Waals surface area contributed by atoms with E-state index in [1.807, 2.05) is 30.4 Å². The lowest BCUT2D eigenvalue weighted by Gasteiger charge is -2.36. The number of aromatic nitrogens is 1. The molecule has 6 rings (SSSR count). The molecule has 1 aromatic carbocycles. The van der Waals surface area contributed by atoms with Crippen LogP contribution in [0.5, 0.6) is 5.75 Å². The first-order chi connectivity index (χ1) is 16.9. The predicted molar refractivity (Wildman–Crippen MR) is 127 cm³/mol. The van der Waals surface area contributed by atoms with Crippen LogP contribution in [0.15, 0.2) is 30.4 Å². The fourth-order valence-electron chi connectivity index (χ4n) is 5.61. The summed E-state index contributed by atoms with van der Waals surface area (Å²) in [6.07, 6.45) is 3.08. The first kappa shape index (κ1) is 22.3. The Morgan fingerprint density at radius 2 is 2.00 bits per heavy atom. The molecule has 2 bridgehead atoms. The Morgan fingerprint density at radius 3 is 2.74 bits per heavy atom. The van der Waals surface area contributed by atoms with Gasteiger partial charge >= 0.3 is 6.09 Å². The molecule has 0 N–H and O–H groups in total. The first-order valence-corrected chi connectivity index (χ1v) is 12.6. The third-order valence-corrected chi connectivity index (χ3v) is 8.38. The summed E-state index contributed by atoms with van der Waals surface area (Å²) in [6.45, 7) is 4.04. The third-order valence-electron chi connectivity index (χ3n) is 7.32. The van der Waals surface area contributed by atoms with Gasteiger partial charge in [-0.3, -0.25) is 14.5 Å². The molecule has 3 amide bonds. The minimum absolute atomic E-state index is 0.0982. The van der Waals surface area contributed by atoms with Gasteiger partial charge in [0.05, 0.1) is 48.4 Å². The van der Waals surface area contributed by atoms with Crippen LogP contribution in [0.1, 0.15) is 6.92 Å². The fraction of sp³-hybridized carbons (Fsp3) is 0.500. The van der Waals surface area contributed by atoms with Crippen molar-refractivity contribution >= 4 is 44.6 Å². The van der Waals surface area contributed by atoms with Gasteiger partial charge in [0.2, 0.25) is 11.8 Å². The highest BCUT2D eigenvalue weighted by atomic mass is 32.1. The van der Waals surface area contributed by atoms with Gasteiger partial charge in [-0.2, -0.15) is 0 Å². The number of piperazine rings is 1. The Balaban J connectivity index is 1.22. The molecule has 0 aliphatic carbocycles. The summed E-state index contributed by atoms with van der Waals surface area (Å²) in [5.74, 6) is -0.697. The van der Waals surface area contributed by atoms with Gasteiger partial charge in [0.1, 0.15) is 11.4 Å². The summed E-state index contributed by atoms with van der Waals surface area (Å²) in [6, 6.07) is 5.64. The lowest BCUT2D eigenvalue weighted by molar-refractivity contribution is -0.141. The number of fused-ring (bicyclic) bond motifs is 2. The number of benzene rings is 1. The van der Waals surface area contributed by atoms with E-state index in [0.29, 0.717) is 50.2 Å². The highest BCUT2D eigenvalue weighted by molar-refractivity contribution is 7.22. The molecule has 0 radical (unpaired) electrons. The first-order valence-electron chi connectivity index (χ1n) is 11.8. The Hall–Kier alpha value is -3.18. The van der Waals surface area contributed by atoms with Crippen LogP contribution in [0.25, 0.3) is 10.2 Å². The van der Waals surface area contributed by atoms with Crippen LogP contribution in [0.3, 0.4) is 0 Å². The third kappa shape index (κ3) is 3.40. The van der Waals surface area contributed by atoms with Gasteiger partial charge in [0, 0.05) is 32.2 Å². The van der Waals surface area contributed by atoms with Gasteiger partial charge in [-0.25, -0.2) is 9.78 Å². The van der Waals surface area contributed by atoms with E-state index in [1.54, 1.807) is 28.7 Å². The zero-order valence-electron chi connectivity index (χ0n) is 19.5. The molecule has 5 heterocycles. The molecule has 0 unspecified atom stereocenters. The average Bonchev–Trinajstić information content (AvgIpc) is 3.62. The molecule has 2 aromatic rings. The van der Waals surface area contributed by atoms with Gasteiger partial charge in [-0.05, 0) is 19.1 Å². The van der Waals surface area contributed by atoms with Crippen molar-refractivity contribution in [2.24, 2.45) is 11.8 Å². The lowest BCUT2D eigenvalue weighted by Crippen LogP contribution is -2.54. The molecule has 1 aromatic heterocycles.